The summed E-state index contributed by atoms with van der Waals surface area (Å²) >= 11 is 0. The number of carboxylic acids is 1. The lowest BCUT2D eigenvalue weighted by atomic mass is 10.1. The standard InChI is InChI=1S/C9H8N2O5/c1-16-10-8(9(12)13)6-2-4-7(5-3-6)11(14)15/h2-5H,1H3,(H,12,13). The molecule has 0 radical (unpaired) electrons. The van der Waals surface area contributed by atoms with Gasteiger partial charge in [0.15, 0.2) is 5.71 Å². The Bertz CT molecular complexity index is 438. The van der Waals surface area contributed by atoms with Crippen molar-refractivity contribution in [3.8, 4) is 0 Å². The molecule has 0 aliphatic carbocycles. The zero-order valence-corrected chi connectivity index (χ0v) is 8.28. The molecule has 84 valence electrons. The van der Waals surface area contributed by atoms with Crippen molar-refractivity contribution in [2.45, 2.75) is 0 Å². The van der Waals surface area contributed by atoms with Gasteiger partial charge >= 0.3 is 5.97 Å². The number of oxime groups is 1. The summed E-state index contributed by atoms with van der Waals surface area (Å²) < 4.78 is 0. The number of hydrogen-bond donors (Lipinski definition) is 1. The van der Waals surface area contributed by atoms with Gasteiger partial charge in [0.05, 0.1) is 4.92 Å². The van der Waals surface area contributed by atoms with Gasteiger partial charge in [-0.25, -0.2) is 4.79 Å². The summed E-state index contributed by atoms with van der Waals surface area (Å²) in [4.78, 5) is 24.9. The fourth-order valence-electron chi connectivity index (χ4n) is 1.05. The van der Waals surface area contributed by atoms with E-state index >= 15 is 0 Å². The van der Waals surface area contributed by atoms with Gasteiger partial charge in [0, 0.05) is 17.7 Å². The first-order chi connectivity index (χ1) is 7.56. The first kappa shape index (κ1) is 11.6. The van der Waals surface area contributed by atoms with Crippen LogP contribution in [0.15, 0.2) is 29.4 Å². The minimum Gasteiger partial charge on any atom is -0.476 e. The number of benzene rings is 1. The second-order valence-electron chi connectivity index (χ2n) is 2.73. The number of hydrogen-bond acceptors (Lipinski definition) is 5. The maximum absolute atomic E-state index is 10.8. The highest BCUT2D eigenvalue weighted by molar-refractivity contribution is 6.42. The van der Waals surface area contributed by atoms with E-state index in [1.54, 1.807) is 0 Å². The molecule has 1 rings (SSSR count). The summed E-state index contributed by atoms with van der Waals surface area (Å²) in [6, 6.07) is 4.99. The topological polar surface area (TPSA) is 102 Å². The number of carboxylic acid groups (broad SMARTS) is 1. The SMILES string of the molecule is CON=C(C(=O)O)c1ccc([N+](=O)[O-])cc1. The Morgan fingerprint density at radius 3 is 2.38 bits per heavy atom. The van der Waals surface area contributed by atoms with Gasteiger partial charge in [-0.2, -0.15) is 0 Å². The van der Waals surface area contributed by atoms with Gasteiger partial charge in [0.25, 0.3) is 5.69 Å². The molecule has 0 atom stereocenters. The molecular formula is C9H8N2O5. The van der Waals surface area contributed by atoms with Crippen molar-refractivity contribution in [2.24, 2.45) is 5.16 Å². The molecule has 0 heterocycles. The third-order valence-corrected chi connectivity index (χ3v) is 1.74. The molecule has 0 aliphatic rings. The van der Waals surface area contributed by atoms with Gasteiger partial charge in [0.2, 0.25) is 0 Å². The Morgan fingerprint density at radius 2 is 2.00 bits per heavy atom. The average molecular weight is 224 g/mol. The van der Waals surface area contributed by atoms with Gasteiger partial charge in [-0.05, 0) is 12.1 Å². The van der Waals surface area contributed by atoms with Crippen molar-refractivity contribution in [2.75, 3.05) is 7.11 Å². The van der Waals surface area contributed by atoms with E-state index in [0.29, 0.717) is 0 Å². The third kappa shape index (κ3) is 2.53. The minimum atomic E-state index is -1.27. The number of nitro groups is 1. The highest BCUT2D eigenvalue weighted by Crippen LogP contribution is 2.12. The minimum absolute atomic E-state index is 0.120. The molecule has 7 nitrogen and oxygen atoms in total. The van der Waals surface area contributed by atoms with E-state index in [4.69, 9.17) is 5.11 Å². The van der Waals surface area contributed by atoms with E-state index in [1.807, 2.05) is 0 Å². The molecule has 0 aromatic heterocycles. The largest absolute Gasteiger partial charge is 0.476 e. The molecule has 0 bridgehead atoms. The summed E-state index contributed by atoms with van der Waals surface area (Å²) in [5.74, 6) is -1.27. The Kier molecular flexibility index (Phi) is 3.54. The van der Waals surface area contributed by atoms with Crippen LogP contribution >= 0.6 is 0 Å². The highest BCUT2D eigenvalue weighted by Gasteiger charge is 2.14. The maximum Gasteiger partial charge on any atom is 0.358 e. The molecule has 1 aromatic rings. The van der Waals surface area contributed by atoms with E-state index in [0.717, 1.165) is 0 Å². The number of nitrogens with zero attached hydrogens (tertiary/aromatic N) is 2. The van der Waals surface area contributed by atoms with Crippen molar-refractivity contribution in [1.82, 2.24) is 0 Å². The zero-order chi connectivity index (χ0) is 12.1. The molecular weight excluding hydrogens is 216 g/mol. The molecule has 0 saturated carbocycles. The van der Waals surface area contributed by atoms with Crippen molar-refractivity contribution in [3.05, 3.63) is 39.9 Å². The van der Waals surface area contributed by atoms with Crippen LogP contribution in [-0.2, 0) is 9.63 Å². The smallest absolute Gasteiger partial charge is 0.358 e. The molecule has 0 fully saturated rings. The van der Waals surface area contributed by atoms with Crippen LogP contribution in [0.5, 0.6) is 0 Å². The quantitative estimate of drug-likeness (QED) is 0.467. The summed E-state index contributed by atoms with van der Waals surface area (Å²) in [5.41, 5.74) is -0.191. The van der Waals surface area contributed by atoms with Crippen LogP contribution in [0.3, 0.4) is 0 Å². The second-order valence-corrected chi connectivity index (χ2v) is 2.73. The van der Waals surface area contributed by atoms with Gasteiger partial charge in [-0.15, -0.1) is 0 Å². The summed E-state index contributed by atoms with van der Waals surface area (Å²) in [6.07, 6.45) is 0. The molecule has 16 heavy (non-hydrogen) atoms. The number of carbonyl (C=O) groups is 1. The monoisotopic (exact) mass is 224 g/mol. The molecule has 0 aliphatic heterocycles. The Hall–Kier alpha value is -2.44. The van der Waals surface area contributed by atoms with Gasteiger partial charge in [0.1, 0.15) is 7.11 Å². The van der Waals surface area contributed by atoms with Crippen LogP contribution in [0.4, 0.5) is 5.69 Å². The van der Waals surface area contributed by atoms with Crippen LogP contribution < -0.4 is 0 Å². The van der Waals surface area contributed by atoms with Gasteiger partial charge in [-0.3, -0.25) is 10.1 Å². The number of nitro benzene ring substituents is 1. The van der Waals surface area contributed by atoms with E-state index < -0.39 is 10.9 Å². The molecule has 7 heteroatoms. The average Bonchev–Trinajstić information content (AvgIpc) is 2.25. The predicted molar refractivity (Wildman–Crippen MR) is 54.3 cm³/mol. The van der Waals surface area contributed by atoms with E-state index in [2.05, 4.69) is 9.99 Å². The number of rotatable bonds is 4. The van der Waals surface area contributed by atoms with E-state index in [9.17, 15) is 14.9 Å². The van der Waals surface area contributed by atoms with Crippen molar-refractivity contribution in [1.29, 1.82) is 0 Å². The van der Waals surface area contributed by atoms with Crippen LogP contribution in [0.1, 0.15) is 5.56 Å². The van der Waals surface area contributed by atoms with Crippen molar-refractivity contribution in [3.63, 3.8) is 0 Å². The third-order valence-electron chi connectivity index (χ3n) is 1.74. The lowest BCUT2D eigenvalue weighted by Gasteiger charge is -1.99. The predicted octanol–water partition coefficient (Wildman–Crippen LogP) is 1.03. The molecule has 0 unspecified atom stereocenters. The van der Waals surface area contributed by atoms with Crippen molar-refractivity contribution < 1.29 is 19.7 Å². The number of non-ortho nitro benzene ring substituents is 1. The van der Waals surface area contributed by atoms with Crippen LogP contribution in [0.2, 0.25) is 0 Å². The fourth-order valence-corrected chi connectivity index (χ4v) is 1.05. The second kappa shape index (κ2) is 4.87. The first-order valence-electron chi connectivity index (χ1n) is 4.15. The summed E-state index contributed by atoms with van der Waals surface area (Å²) in [5, 5.41) is 22.5. The lowest BCUT2D eigenvalue weighted by molar-refractivity contribution is -0.384. The highest BCUT2D eigenvalue weighted by atomic mass is 16.6. The van der Waals surface area contributed by atoms with Gasteiger partial charge < -0.3 is 9.94 Å². The fraction of sp³-hybridized carbons (Fsp3) is 0.111. The van der Waals surface area contributed by atoms with Crippen molar-refractivity contribution >= 4 is 17.4 Å². The van der Waals surface area contributed by atoms with Crippen LogP contribution in [0.25, 0.3) is 0 Å². The lowest BCUT2D eigenvalue weighted by Crippen LogP contribution is -2.14. The zero-order valence-electron chi connectivity index (χ0n) is 8.28. The normalized spacial score (nSPS) is 10.9. The summed E-state index contributed by atoms with van der Waals surface area (Å²) in [7, 11) is 1.22. The summed E-state index contributed by atoms with van der Waals surface area (Å²) in [6.45, 7) is 0. The molecule has 0 spiro atoms. The molecule has 0 saturated heterocycles. The van der Waals surface area contributed by atoms with E-state index in [-0.39, 0.29) is 17.0 Å². The van der Waals surface area contributed by atoms with Crippen LogP contribution in [-0.4, -0.2) is 28.8 Å². The first-order valence-corrected chi connectivity index (χ1v) is 4.15. The molecule has 1 aromatic carbocycles. The Morgan fingerprint density at radius 1 is 1.44 bits per heavy atom. The van der Waals surface area contributed by atoms with Crippen LogP contribution in [0, 0.1) is 10.1 Å². The Balaban J connectivity index is 3.09. The molecule has 1 N–H and O–H groups in total. The Labute approximate surface area is 90.1 Å². The maximum atomic E-state index is 10.8. The number of aliphatic carboxylic acids is 1. The molecule has 0 amide bonds. The van der Waals surface area contributed by atoms with E-state index in [1.165, 1.54) is 31.4 Å². The van der Waals surface area contributed by atoms with Gasteiger partial charge in [-0.1, -0.05) is 5.16 Å².